The molecule has 0 saturated carbocycles. The highest BCUT2D eigenvalue weighted by Crippen LogP contribution is 2.26. The molecule has 1 aliphatic heterocycles. The van der Waals surface area contributed by atoms with Crippen molar-refractivity contribution >= 4 is 5.91 Å². The molecule has 1 aliphatic rings. The maximum atomic E-state index is 12.1. The van der Waals surface area contributed by atoms with Crippen LogP contribution in [-0.4, -0.2) is 59.1 Å². The van der Waals surface area contributed by atoms with E-state index in [1.807, 2.05) is 6.92 Å². The summed E-state index contributed by atoms with van der Waals surface area (Å²) in [6, 6.07) is 0.886. The van der Waals surface area contributed by atoms with E-state index < -0.39 is 0 Å². The van der Waals surface area contributed by atoms with Gasteiger partial charge >= 0.3 is 0 Å². The molecule has 4 nitrogen and oxygen atoms in total. The smallest absolute Gasteiger partial charge is 0.239 e. The highest BCUT2D eigenvalue weighted by Gasteiger charge is 2.35. The van der Waals surface area contributed by atoms with Gasteiger partial charge in [0.1, 0.15) is 0 Å². The summed E-state index contributed by atoms with van der Waals surface area (Å²) in [6.45, 7) is 6.77. The third kappa shape index (κ3) is 2.74. The number of rotatable bonds is 4. The van der Waals surface area contributed by atoms with Gasteiger partial charge in [0.05, 0.1) is 12.6 Å². The predicted octanol–water partition coefficient (Wildman–Crippen LogP) is 0.698. The van der Waals surface area contributed by atoms with E-state index in [0.717, 1.165) is 0 Å². The molecule has 0 aromatic carbocycles. The molecule has 1 heterocycles. The van der Waals surface area contributed by atoms with Gasteiger partial charge in [-0.1, -0.05) is 0 Å². The summed E-state index contributed by atoms with van der Waals surface area (Å²) in [5.74, 6) is 0.106. The van der Waals surface area contributed by atoms with Crippen LogP contribution in [0, 0.1) is 0 Å². The van der Waals surface area contributed by atoms with Gasteiger partial charge < -0.3 is 10.0 Å². The molecule has 1 fully saturated rings. The normalized spacial score (nSPS) is 28.1. The monoisotopic (exact) mass is 228 g/mol. The van der Waals surface area contributed by atoms with Gasteiger partial charge in [-0.15, -0.1) is 0 Å². The van der Waals surface area contributed by atoms with Gasteiger partial charge in [0.15, 0.2) is 0 Å². The van der Waals surface area contributed by atoms with Crippen LogP contribution in [0.25, 0.3) is 0 Å². The minimum Gasteiger partial charge on any atom is -0.395 e. The molecular weight excluding hydrogens is 204 g/mol. The number of aliphatic hydroxyl groups is 1. The van der Waals surface area contributed by atoms with Crippen LogP contribution in [0.1, 0.15) is 33.6 Å². The molecule has 0 bridgehead atoms. The highest BCUT2D eigenvalue weighted by atomic mass is 16.3. The Morgan fingerprint density at radius 3 is 2.38 bits per heavy atom. The summed E-state index contributed by atoms with van der Waals surface area (Å²) in [5.41, 5.74) is 0. The van der Waals surface area contributed by atoms with E-state index in [4.69, 9.17) is 5.11 Å². The van der Waals surface area contributed by atoms with Crippen molar-refractivity contribution in [2.45, 2.75) is 51.7 Å². The molecule has 0 aliphatic carbocycles. The lowest BCUT2D eigenvalue weighted by Crippen LogP contribution is -2.50. The summed E-state index contributed by atoms with van der Waals surface area (Å²) in [7, 11) is 1.75. The summed E-state index contributed by atoms with van der Waals surface area (Å²) < 4.78 is 0. The van der Waals surface area contributed by atoms with Crippen molar-refractivity contribution in [3.05, 3.63) is 0 Å². The molecule has 0 spiro atoms. The Bertz CT molecular complexity index is 235. The van der Waals surface area contributed by atoms with Crippen molar-refractivity contribution in [3.8, 4) is 0 Å². The van der Waals surface area contributed by atoms with E-state index in [0.29, 0.717) is 18.6 Å². The molecule has 0 aromatic rings. The van der Waals surface area contributed by atoms with Gasteiger partial charge in [0.25, 0.3) is 0 Å². The van der Waals surface area contributed by atoms with E-state index in [1.54, 1.807) is 11.9 Å². The van der Waals surface area contributed by atoms with E-state index in [2.05, 4.69) is 18.7 Å². The molecular formula is C12H24N2O2. The van der Waals surface area contributed by atoms with Crippen molar-refractivity contribution < 1.29 is 9.90 Å². The zero-order valence-corrected chi connectivity index (χ0v) is 10.8. The fraction of sp³-hybridized carbons (Fsp3) is 0.917. The standard InChI is InChI=1S/C12H24N2O2/c1-9-5-6-10(2)14(9)11(3)12(16)13(4)7-8-15/h9-11,15H,5-8H2,1-4H3. The number of amides is 1. The lowest BCUT2D eigenvalue weighted by atomic mass is 10.2. The number of likely N-dealkylation sites (tertiary alicyclic amines) is 1. The first-order valence-corrected chi connectivity index (χ1v) is 6.12. The van der Waals surface area contributed by atoms with E-state index in [1.165, 1.54) is 12.8 Å². The number of hydrogen-bond acceptors (Lipinski definition) is 3. The first-order chi connectivity index (χ1) is 7.49. The third-order valence-electron chi connectivity index (χ3n) is 3.64. The molecule has 1 N–H and O–H groups in total. The SMILES string of the molecule is CC1CCC(C)N1C(C)C(=O)N(C)CCO. The first-order valence-electron chi connectivity index (χ1n) is 6.12. The molecule has 1 saturated heterocycles. The van der Waals surface area contributed by atoms with Crippen molar-refractivity contribution in [1.82, 2.24) is 9.80 Å². The van der Waals surface area contributed by atoms with Crippen LogP contribution < -0.4 is 0 Å². The van der Waals surface area contributed by atoms with Gasteiger partial charge in [-0.2, -0.15) is 0 Å². The number of likely N-dealkylation sites (N-methyl/N-ethyl adjacent to an activating group) is 1. The van der Waals surface area contributed by atoms with Gasteiger partial charge in [0, 0.05) is 25.7 Å². The summed E-state index contributed by atoms with van der Waals surface area (Å²) in [4.78, 5) is 16.0. The van der Waals surface area contributed by atoms with E-state index in [-0.39, 0.29) is 18.6 Å². The number of nitrogens with zero attached hydrogens (tertiary/aromatic N) is 2. The molecule has 3 unspecified atom stereocenters. The molecule has 1 rings (SSSR count). The van der Waals surface area contributed by atoms with Crippen LogP contribution in [0.5, 0.6) is 0 Å². The topological polar surface area (TPSA) is 43.8 Å². The second-order valence-corrected chi connectivity index (χ2v) is 4.88. The van der Waals surface area contributed by atoms with Crippen LogP contribution in [0.3, 0.4) is 0 Å². The summed E-state index contributed by atoms with van der Waals surface area (Å²) in [5, 5.41) is 8.83. The van der Waals surface area contributed by atoms with E-state index >= 15 is 0 Å². The number of carbonyl (C=O) groups excluding carboxylic acids is 1. The summed E-state index contributed by atoms with van der Waals surface area (Å²) >= 11 is 0. The quantitative estimate of drug-likeness (QED) is 0.770. The number of aliphatic hydroxyl groups excluding tert-OH is 1. The van der Waals surface area contributed by atoms with Crippen LogP contribution >= 0.6 is 0 Å². The zero-order valence-electron chi connectivity index (χ0n) is 10.8. The van der Waals surface area contributed by atoms with Gasteiger partial charge in [0.2, 0.25) is 5.91 Å². The van der Waals surface area contributed by atoms with Gasteiger partial charge in [-0.25, -0.2) is 0 Å². The van der Waals surface area contributed by atoms with Crippen molar-refractivity contribution in [2.75, 3.05) is 20.2 Å². The summed E-state index contributed by atoms with van der Waals surface area (Å²) in [6.07, 6.45) is 2.34. The fourth-order valence-electron chi connectivity index (χ4n) is 2.69. The Labute approximate surface area is 98.2 Å². The maximum absolute atomic E-state index is 12.1. The van der Waals surface area contributed by atoms with Crippen LogP contribution in [0.15, 0.2) is 0 Å². The van der Waals surface area contributed by atoms with Gasteiger partial charge in [-0.05, 0) is 33.6 Å². The van der Waals surface area contributed by atoms with Crippen molar-refractivity contribution in [2.24, 2.45) is 0 Å². The second kappa shape index (κ2) is 5.64. The Morgan fingerprint density at radius 1 is 1.44 bits per heavy atom. The second-order valence-electron chi connectivity index (χ2n) is 4.88. The Kier molecular flexibility index (Phi) is 4.74. The lowest BCUT2D eigenvalue weighted by Gasteiger charge is -2.33. The lowest BCUT2D eigenvalue weighted by molar-refractivity contribution is -0.136. The van der Waals surface area contributed by atoms with Crippen molar-refractivity contribution in [1.29, 1.82) is 0 Å². The number of carbonyl (C=O) groups is 1. The molecule has 0 radical (unpaired) electrons. The molecule has 4 heteroatoms. The molecule has 94 valence electrons. The third-order valence-corrected chi connectivity index (χ3v) is 3.64. The minimum atomic E-state index is -0.0796. The Hall–Kier alpha value is -0.610. The fourth-order valence-corrected chi connectivity index (χ4v) is 2.69. The molecule has 1 amide bonds. The van der Waals surface area contributed by atoms with Crippen LogP contribution in [0.4, 0.5) is 0 Å². The Morgan fingerprint density at radius 2 is 1.94 bits per heavy atom. The molecule has 3 atom stereocenters. The van der Waals surface area contributed by atoms with Crippen LogP contribution in [0.2, 0.25) is 0 Å². The predicted molar refractivity (Wildman–Crippen MR) is 64.2 cm³/mol. The average Bonchev–Trinajstić information content (AvgIpc) is 2.57. The zero-order chi connectivity index (χ0) is 12.3. The highest BCUT2D eigenvalue weighted by molar-refractivity contribution is 5.81. The Balaban J connectivity index is 2.62. The van der Waals surface area contributed by atoms with E-state index in [9.17, 15) is 4.79 Å². The van der Waals surface area contributed by atoms with Gasteiger partial charge in [-0.3, -0.25) is 9.69 Å². The average molecular weight is 228 g/mol. The van der Waals surface area contributed by atoms with Crippen LogP contribution in [-0.2, 0) is 4.79 Å². The molecule has 16 heavy (non-hydrogen) atoms. The first kappa shape index (κ1) is 13.5. The maximum Gasteiger partial charge on any atom is 0.239 e. The van der Waals surface area contributed by atoms with Crippen molar-refractivity contribution in [3.63, 3.8) is 0 Å². The molecule has 0 aromatic heterocycles. The minimum absolute atomic E-state index is 0.0278. The number of hydrogen-bond donors (Lipinski definition) is 1. The largest absolute Gasteiger partial charge is 0.395 e.